The predicted octanol–water partition coefficient (Wildman–Crippen LogP) is 4.40. The predicted molar refractivity (Wildman–Crippen MR) is 114 cm³/mol. The first-order chi connectivity index (χ1) is 15.2. The van der Waals surface area contributed by atoms with Gasteiger partial charge in [-0.2, -0.15) is 0 Å². The molecule has 0 aliphatic carbocycles. The molecule has 158 valence electrons. The van der Waals surface area contributed by atoms with Crippen LogP contribution in [-0.4, -0.2) is 32.7 Å². The monoisotopic (exact) mass is 418 g/mol. The molecular formula is C25H22O6. The minimum absolute atomic E-state index is 0.00220. The van der Waals surface area contributed by atoms with Gasteiger partial charge in [0, 0.05) is 11.6 Å². The number of rotatable bonds is 5. The van der Waals surface area contributed by atoms with Gasteiger partial charge in [-0.1, -0.05) is 36.4 Å². The maximum atomic E-state index is 13.4. The van der Waals surface area contributed by atoms with Crippen LogP contribution in [-0.2, 0) is 6.61 Å². The van der Waals surface area contributed by atoms with E-state index in [1.807, 2.05) is 36.4 Å². The average Bonchev–Trinajstić information content (AvgIpc) is 2.82. The van der Waals surface area contributed by atoms with Crippen LogP contribution in [0.2, 0.25) is 0 Å². The van der Waals surface area contributed by atoms with E-state index in [9.17, 15) is 4.79 Å². The first-order valence-electron chi connectivity index (χ1n) is 10.1. The molecule has 0 spiro atoms. The molecule has 3 aromatic rings. The summed E-state index contributed by atoms with van der Waals surface area (Å²) in [6.45, 7) is 0.680. The third-order valence-corrected chi connectivity index (χ3v) is 5.66. The molecule has 2 heterocycles. The summed E-state index contributed by atoms with van der Waals surface area (Å²) in [5.74, 6) is 2.28. The van der Waals surface area contributed by atoms with Gasteiger partial charge in [-0.05, 0) is 23.8 Å². The first-order valence-corrected chi connectivity index (χ1v) is 10.1. The van der Waals surface area contributed by atoms with Crippen LogP contribution in [0.25, 0.3) is 0 Å². The van der Waals surface area contributed by atoms with Crippen molar-refractivity contribution in [1.29, 1.82) is 0 Å². The van der Waals surface area contributed by atoms with Crippen LogP contribution >= 0.6 is 0 Å². The van der Waals surface area contributed by atoms with E-state index in [-0.39, 0.29) is 12.4 Å². The van der Waals surface area contributed by atoms with Crippen molar-refractivity contribution in [2.24, 2.45) is 0 Å². The minimum Gasteiger partial charge on any atom is -0.493 e. The molecule has 0 bridgehead atoms. The maximum absolute atomic E-state index is 13.4. The Balaban J connectivity index is 1.44. The molecule has 5 rings (SSSR count). The zero-order chi connectivity index (χ0) is 21.4. The Bertz CT molecular complexity index is 1120. The average molecular weight is 418 g/mol. The van der Waals surface area contributed by atoms with Gasteiger partial charge in [0.15, 0.2) is 17.3 Å². The van der Waals surface area contributed by atoms with Gasteiger partial charge < -0.3 is 23.7 Å². The van der Waals surface area contributed by atoms with Gasteiger partial charge in [-0.25, -0.2) is 0 Å². The number of hydrogen-bond donors (Lipinski definition) is 0. The minimum atomic E-state index is -0.466. The van der Waals surface area contributed by atoms with E-state index in [2.05, 4.69) is 0 Å². The van der Waals surface area contributed by atoms with E-state index >= 15 is 0 Å². The molecule has 0 N–H and O–H groups in total. The van der Waals surface area contributed by atoms with Gasteiger partial charge in [0.1, 0.15) is 30.8 Å². The molecule has 3 aromatic carbocycles. The number of benzene rings is 3. The van der Waals surface area contributed by atoms with E-state index in [4.69, 9.17) is 23.7 Å². The highest BCUT2D eigenvalue weighted by Gasteiger charge is 2.44. The molecule has 2 aliphatic rings. The molecule has 0 aromatic heterocycles. The van der Waals surface area contributed by atoms with Crippen LogP contribution in [0.4, 0.5) is 0 Å². The van der Waals surface area contributed by atoms with Crippen molar-refractivity contribution in [3.63, 3.8) is 0 Å². The number of fused-ring (bicyclic) bond motifs is 4. The summed E-state index contributed by atoms with van der Waals surface area (Å²) in [6.07, 6.45) is -0.421. The van der Waals surface area contributed by atoms with Gasteiger partial charge >= 0.3 is 0 Å². The van der Waals surface area contributed by atoms with Crippen LogP contribution in [0.15, 0.2) is 60.7 Å². The molecule has 0 radical (unpaired) electrons. The van der Waals surface area contributed by atoms with Gasteiger partial charge in [-0.15, -0.1) is 0 Å². The number of ketones is 1. The Morgan fingerprint density at radius 2 is 1.84 bits per heavy atom. The van der Waals surface area contributed by atoms with Crippen molar-refractivity contribution in [1.82, 2.24) is 0 Å². The van der Waals surface area contributed by atoms with E-state index < -0.39 is 12.0 Å². The van der Waals surface area contributed by atoms with E-state index in [0.717, 1.165) is 11.1 Å². The van der Waals surface area contributed by atoms with Crippen molar-refractivity contribution < 1.29 is 28.5 Å². The number of ether oxygens (including phenoxy) is 5. The van der Waals surface area contributed by atoms with E-state index in [1.165, 1.54) is 0 Å². The standard InChI is InChI=1S/C25H22O6/c1-27-19-11-10-18-22-21(14-30-24(18)25(19)28-2)31-20-12-16(8-9-17(20)23(22)26)29-13-15-6-4-3-5-7-15/h3-12,21-22H,13-14H2,1-2H3/t21-,22+/m1/s1. The number of carbonyl (C=O) groups is 1. The number of Topliss-reactive ketones (excluding diaryl/α,β-unsaturated/α-hetero) is 1. The summed E-state index contributed by atoms with van der Waals surface area (Å²) >= 11 is 0. The smallest absolute Gasteiger partial charge is 0.203 e. The topological polar surface area (TPSA) is 63.2 Å². The SMILES string of the molecule is COc1ccc2c(c1OC)OC[C@H]1Oc3cc(OCc4ccccc4)ccc3C(=O)[C@@H]21. The quantitative estimate of drug-likeness (QED) is 0.612. The number of hydrogen-bond acceptors (Lipinski definition) is 6. The van der Waals surface area contributed by atoms with Crippen LogP contribution in [0.3, 0.4) is 0 Å². The van der Waals surface area contributed by atoms with Gasteiger partial charge in [-0.3, -0.25) is 4.79 Å². The lowest BCUT2D eigenvalue weighted by atomic mass is 9.82. The fourth-order valence-corrected chi connectivity index (χ4v) is 4.15. The van der Waals surface area contributed by atoms with Gasteiger partial charge in [0.05, 0.1) is 25.7 Å². The Labute approximate surface area is 180 Å². The second-order valence-electron chi connectivity index (χ2n) is 7.46. The lowest BCUT2D eigenvalue weighted by Gasteiger charge is -2.37. The lowest BCUT2D eigenvalue weighted by Crippen LogP contribution is -2.43. The Morgan fingerprint density at radius 1 is 1.00 bits per heavy atom. The molecule has 0 saturated carbocycles. The Hall–Kier alpha value is -3.67. The third kappa shape index (κ3) is 3.34. The Morgan fingerprint density at radius 3 is 2.61 bits per heavy atom. The highest BCUT2D eigenvalue weighted by Crippen LogP contribution is 2.49. The Kier molecular flexibility index (Phi) is 4.90. The van der Waals surface area contributed by atoms with Gasteiger partial charge in [0.2, 0.25) is 5.75 Å². The van der Waals surface area contributed by atoms with Crippen molar-refractivity contribution in [2.75, 3.05) is 20.8 Å². The van der Waals surface area contributed by atoms with Crippen LogP contribution in [0.5, 0.6) is 28.7 Å². The zero-order valence-electron chi connectivity index (χ0n) is 17.3. The normalized spacial score (nSPS) is 18.6. The summed E-state index contributed by atoms with van der Waals surface area (Å²) in [5.41, 5.74) is 2.35. The van der Waals surface area contributed by atoms with E-state index in [1.54, 1.807) is 38.5 Å². The molecule has 2 aliphatic heterocycles. The summed E-state index contributed by atoms with van der Waals surface area (Å²) in [5, 5.41) is 0. The molecule has 0 saturated heterocycles. The molecule has 6 nitrogen and oxygen atoms in total. The molecule has 0 amide bonds. The summed E-state index contributed by atoms with van der Waals surface area (Å²) in [4.78, 5) is 13.4. The molecule has 0 fully saturated rings. The second-order valence-corrected chi connectivity index (χ2v) is 7.46. The highest BCUT2D eigenvalue weighted by molar-refractivity contribution is 6.05. The molecular weight excluding hydrogens is 396 g/mol. The zero-order valence-corrected chi connectivity index (χ0v) is 17.3. The van der Waals surface area contributed by atoms with Crippen LogP contribution < -0.4 is 23.7 Å². The molecule has 31 heavy (non-hydrogen) atoms. The van der Waals surface area contributed by atoms with Crippen molar-refractivity contribution in [3.8, 4) is 28.7 Å². The molecule has 0 unspecified atom stereocenters. The second kappa shape index (κ2) is 7.87. The van der Waals surface area contributed by atoms with Crippen molar-refractivity contribution >= 4 is 5.78 Å². The first kappa shape index (κ1) is 19.3. The fraction of sp³-hybridized carbons (Fsp3) is 0.240. The molecule has 2 atom stereocenters. The highest BCUT2D eigenvalue weighted by atomic mass is 16.6. The van der Waals surface area contributed by atoms with E-state index in [0.29, 0.717) is 40.9 Å². The summed E-state index contributed by atoms with van der Waals surface area (Å²) in [6, 6.07) is 18.9. The number of carbonyl (C=O) groups excluding carboxylic acids is 1. The molecule has 6 heteroatoms. The summed E-state index contributed by atoms with van der Waals surface area (Å²) < 4.78 is 28.9. The number of methoxy groups -OCH3 is 2. The van der Waals surface area contributed by atoms with Crippen molar-refractivity contribution in [3.05, 3.63) is 77.4 Å². The van der Waals surface area contributed by atoms with Crippen molar-refractivity contribution in [2.45, 2.75) is 18.6 Å². The maximum Gasteiger partial charge on any atom is 0.203 e. The third-order valence-electron chi connectivity index (χ3n) is 5.66. The van der Waals surface area contributed by atoms with Gasteiger partial charge in [0.25, 0.3) is 0 Å². The fourth-order valence-electron chi connectivity index (χ4n) is 4.15. The lowest BCUT2D eigenvalue weighted by molar-refractivity contribution is 0.0548. The van der Waals surface area contributed by atoms with Crippen LogP contribution in [0.1, 0.15) is 27.4 Å². The van der Waals surface area contributed by atoms with Crippen LogP contribution in [0, 0.1) is 0 Å². The largest absolute Gasteiger partial charge is 0.493 e. The summed E-state index contributed by atoms with van der Waals surface area (Å²) in [7, 11) is 3.12.